The molecule has 0 N–H and O–H groups in total. The van der Waals surface area contributed by atoms with Crippen LogP contribution in [0, 0.1) is 6.92 Å². The molecule has 0 fully saturated rings. The highest BCUT2D eigenvalue weighted by Crippen LogP contribution is 2.38. The van der Waals surface area contributed by atoms with E-state index in [1.165, 1.54) is 0 Å². The lowest BCUT2D eigenvalue weighted by Crippen LogP contribution is -1.97. The van der Waals surface area contributed by atoms with Crippen LogP contribution < -0.4 is 0 Å². The highest BCUT2D eigenvalue weighted by atomic mass is 16.3. The van der Waals surface area contributed by atoms with Gasteiger partial charge < -0.3 is 4.42 Å². The van der Waals surface area contributed by atoms with Crippen LogP contribution in [0.2, 0.25) is 0 Å². The van der Waals surface area contributed by atoms with Crippen molar-refractivity contribution in [1.29, 1.82) is 0 Å². The monoisotopic (exact) mass is 340 g/mol. The first-order valence-corrected chi connectivity index (χ1v) is 8.80. The number of hydrogen-bond acceptors (Lipinski definition) is 2. The van der Waals surface area contributed by atoms with Crippen molar-refractivity contribution in [1.82, 2.24) is 0 Å². The Hall–Kier alpha value is -3.13. The molecule has 0 saturated carbocycles. The molecule has 0 spiro atoms. The molecule has 2 nitrogen and oxygen atoms in total. The van der Waals surface area contributed by atoms with Crippen LogP contribution in [0.4, 0.5) is 0 Å². The molecule has 0 aliphatic rings. The quantitative estimate of drug-likeness (QED) is 0.414. The van der Waals surface area contributed by atoms with Gasteiger partial charge in [-0.25, -0.2) is 0 Å². The first-order chi connectivity index (χ1) is 12.6. The number of carbonyl (C=O) groups excluding carboxylic acids is 1. The van der Waals surface area contributed by atoms with Crippen LogP contribution in [-0.2, 0) is 6.42 Å². The van der Waals surface area contributed by atoms with Gasteiger partial charge in [-0.2, -0.15) is 0 Å². The van der Waals surface area contributed by atoms with Gasteiger partial charge in [-0.1, -0.05) is 72.8 Å². The SMILES string of the molecule is CC(=O)c1c(C)oc(Cc2ccccc2)c1-c1cccc2ccccc12. The third kappa shape index (κ3) is 2.84. The van der Waals surface area contributed by atoms with Crippen LogP contribution in [0.3, 0.4) is 0 Å². The van der Waals surface area contributed by atoms with Gasteiger partial charge in [0.25, 0.3) is 0 Å². The number of furan rings is 1. The fourth-order valence-electron chi connectivity index (χ4n) is 3.66. The van der Waals surface area contributed by atoms with Gasteiger partial charge in [-0.05, 0) is 35.7 Å². The van der Waals surface area contributed by atoms with Crippen molar-refractivity contribution in [3.8, 4) is 11.1 Å². The second kappa shape index (κ2) is 6.64. The zero-order valence-corrected chi connectivity index (χ0v) is 15.0. The van der Waals surface area contributed by atoms with Gasteiger partial charge >= 0.3 is 0 Å². The summed E-state index contributed by atoms with van der Waals surface area (Å²) in [6.45, 7) is 3.48. The van der Waals surface area contributed by atoms with Crippen LogP contribution in [-0.4, -0.2) is 5.78 Å². The molecule has 4 aromatic rings. The Morgan fingerprint density at radius 3 is 2.35 bits per heavy atom. The largest absolute Gasteiger partial charge is 0.465 e. The minimum absolute atomic E-state index is 0.0356. The minimum Gasteiger partial charge on any atom is -0.465 e. The van der Waals surface area contributed by atoms with E-state index in [9.17, 15) is 4.79 Å². The second-order valence-electron chi connectivity index (χ2n) is 6.58. The molecule has 1 heterocycles. The van der Waals surface area contributed by atoms with Gasteiger partial charge in [0.2, 0.25) is 0 Å². The molecule has 1 aromatic heterocycles. The van der Waals surface area contributed by atoms with Gasteiger partial charge in [-0.3, -0.25) is 4.79 Å². The number of hydrogen-bond donors (Lipinski definition) is 0. The Balaban J connectivity index is 1.98. The molecular weight excluding hydrogens is 320 g/mol. The molecule has 0 atom stereocenters. The molecular formula is C24H20O2. The number of rotatable bonds is 4. The fourth-order valence-corrected chi connectivity index (χ4v) is 3.66. The third-order valence-electron chi connectivity index (χ3n) is 4.78. The average molecular weight is 340 g/mol. The topological polar surface area (TPSA) is 30.2 Å². The predicted octanol–water partition coefficient (Wildman–Crippen LogP) is 6.20. The first kappa shape index (κ1) is 16.3. The molecule has 4 rings (SSSR count). The van der Waals surface area contributed by atoms with Gasteiger partial charge in [0.15, 0.2) is 5.78 Å². The number of ketones is 1. The maximum atomic E-state index is 12.4. The maximum Gasteiger partial charge on any atom is 0.163 e. The van der Waals surface area contributed by atoms with Crippen molar-refractivity contribution in [3.63, 3.8) is 0 Å². The summed E-state index contributed by atoms with van der Waals surface area (Å²) in [4.78, 5) is 12.4. The van der Waals surface area contributed by atoms with Crippen molar-refractivity contribution in [2.24, 2.45) is 0 Å². The lowest BCUT2D eigenvalue weighted by atomic mass is 9.92. The van der Waals surface area contributed by atoms with Gasteiger partial charge in [0, 0.05) is 12.0 Å². The fraction of sp³-hybridized carbons (Fsp3) is 0.125. The Bertz CT molecular complexity index is 1080. The smallest absolute Gasteiger partial charge is 0.163 e. The van der Waals surface area contributed by atoms with Crippen molar-refractivity contribution in [2.45, 2.75) is 20.3 Å². The van der Waals surface area contributed by atoms with Gasteiger partial charge in [0.1, 0.15) is 11.5 Å². The van der Waals surface area contributed by atoms with E-state index in [-0.39, 0.29) is 5.78 Å². The van der Waals surface area contributed by atoms with Crippen molar-refractivity contribution < 1.29 is 9.21 Å². The molecule has 0 saturated heterocycles. The van der Waals surface area contributed by atoms with E-state index in [2.05, 4.69) is 36.4 Å². The summed E-state index contributed by atoms with van der Waals surface area (Å²) in [7, 11) is 0. The van der Waals surface area contributed by atoms with Crippen molar-refractivity contribution in [2.75, 3.05) is 0 Å². The summed E-state index contributed by atoms with van der Waals surface area (Å²) in [6.07, 6.45) is 0.660. The van der Waals surface area contributed by atoms with E-state index in [1.807, 2.05) is 43.3 Å². The Kier molecular flexibility index (Phi) is 4.18. The summed E-state index contributed by atoms with van der Waals surface area (Å²) in [6, 6.07) is 24.7. The first-order valence-electron chi connectivity index (χ1n) is 8.80. The lowest BCUT2D eigenvalue weighted by Gasteiger charge is -2.09. The van der Waals surface area contributed by atoms with Crippen LogP contribution in [0.1, 0.15) is 34.4 Å². The zero-order valence-electron chi connectivity index (χ0n) is 15.0. The Morgan fingerprint density at radius 1 is 0.885 bits per heavy atom. The van der Waals surface area contributed by atoms with E-state index < -0.39 is 0 Å². The van der Waals surface area contributed by atoms with Gasteiger partial charge in [0.05, 0.1) is 5.56 Å². The number of fused-ring (bicyclic) bond motifs is 1. The summed E-state index contributed by atoms with van der Waals surface area (Å²) >= 11 is 0. The molecule has 0 aliphatic carbocycles. The number of benzene rings is 3. The second-order valence-corrected chi connectivity index (χ2v) is 6.58. The lowest BCUT2D eigenvalue weighted by molar-refractivity contribution is 0.101. The normalized spacial score (nSPS) is 11.0. The van der Waals surface area contributed by atoms with Crippen molar-refractivity contribution in [3.05, 3.63) is 95.4 Å². The zero-order chi connectivity index (χ0) is 18.1. The number of Topliss-reactive ketones (excluding diaryl/α,β-unsaturated/α-hetero) is 1. The average Bonchev–Trinajstić information content (AvgIpc) is 2.98. The molecule has 0 bridgehead atoms. The molecule has 0 radical (unpaired) electrons. The molecule has 128 valence electrons. The maximum absolute atomic E-state index is 12.4. The molecule has 3 aromatic carbocycles. The van der Waals surface area contributed by atoms with Gasteiger partial charge in [-0.15, -0.1) is 0 Å². The highest BCUT2D eigenvalue weighted by molar-refractivity contribution is 6.07. The standard InChI is InChI=1S/C24H20O2/c1-16(25)23-17(2)26-22(15-18-9-4-3-5-10-18)24(23)21-14-8-12-19-11-6-7-13-20(19)21/h3-14H,15H2,1-2H3. The molecule has 0 unspecified atom stereocenters. The third-order valence-corrected chi connectivity index (χ3v) is 4.78. The Labute approximate surface area is 153 Å². The van der Waals surface area contributed by atoms with Crippen molar-refractivity contribution >= 4 is 16.6 Å². The number of carbonyl (C=O) groups is 1. The van der Waals surface area contributed by atoms with E-state index in [0.717, 1.165) is 33.2 Å². The molecule has 0 amide bonds. The van der Waals surface area contributed by atoms with Crippen LogP contribution in [0.25, 0.3) is 21.9 Å². The Morgan fingerprint density at radius 2 is 1.58 bits per heavy atom. The summed E-state index contributed by atoms with van der Waals surface area (Å²) in [5, 5.41) is 2.29. The summed E-state index contributed by atoms with van der Waals surface area (Å²) in [5.74, 6) is 1.56. The van der Waals surface area contributed by atoms with Crippen LogP contribution >= 0.6 is 0 Å². The van der Waals surface area contributed by atoms with E-state index >= 15 is 0 Å². The highest BCUT2D eigenvalue weighted by Gasteiger charge is 2.23. The van der Waals surface area contributed by atoms with Crippen LogP contribution in [0.15, 0.2) is 77.2 Å². The van der Waals surface area contributed by atoms with E-state index in [1.54, 1.807) is 6.92 Å². The van der Waals surface area contributed by atoms with Crippen LogP contribution in [0.5, 0.6) is 0 Å². The molecule has 26 heavy (non-hydrogen) atoms. The molecule has 2 heteroatoms. The van der Waals surface area contributed by atoms with E-state index in [4.69, 9.17) is 4.42 Å². The number of aryl methyl sites for hydroxylation is 1. The summed E-state index contributed by atoms with van der Waals surface area (Å²) < 4.78 is 6.09. The minimum atomic E-state index is 0.0356. The predicted molar refractivity (Wildman–Crippen MR) is 106 cm³/mol. The van der Waals surface area contributed by atoms with E-state index in [0.29, 0.717) is 17.7 Å². The molecule has 0 aliphatic heterocycles. The summed E-state index contributed by atoms with van der Waals surface area (Å²) in [5.41, 5.74) is 3.83.